The molecule has 0 saturated heterocycles. The zero-order chi connectivity index (χ0) is 15.4. The van der Waals surface area contributed by atoms with Gasteiger partial charge in [0.2, 0.25) is 0 Å². The van der Waals surface area contributed by atoms with Gasteiger partial charge in [0, 0.05) is 10.4 Å². The van der Waals surface area contributed by atoms with Gasteiger partial charge in [-0.3, -0.25) is 10.1 Å². The Morgan fingerprint density at radius 3 is 2.76 bits per heavy atom. The van der Waals surface area contributed by atoms with Gasteiger partial charge in [-0.25, -0.2) is 4.98 Å². The molecule has 0 unspecified atom stereocenters. The summed E-state index contributed by atoms with van der Waals surface area (Å²) in [5.41, 5.74) is 8.55. The molecule has 0 aliphatic carbocycles. The first-order chi connectivity index (χ1) is 10.0. The number of nitrogens with zero attached hydrogens (tertiary/aromatic N) is 1. The number of aryl methyl sites for hydroxylation is 3. The van der Waals surface area contributed by atoms with Crippen LogP contribution in [0.4, 0.5) is 5.13 Å². The highest BCUT2D eigenvalue weighted by atomic mass is 32.1. The number of carbonyl (C=O) groups excluding carboxylic acids is 1. The van der Waals surface area contributed by atoms with Crippen molar-refractivity contribution in [2.75, 3.05) is 11.9 Å². The van der Waals surface area contributed by atoms with Crippen LogP contribution < -0.4 is 11.1 Å². The zero-order valence-electron chi connectivity index (χ0n) is 12.3. The van der Waals surface area contributed by atoms with Crippen molar-refractivity contribution in [3.8, 4) is 11.8 Å². The lowest BCUT2D eigenvalue weighted by atomic mass is 10.0. The Morgan fingerprint density at radius 1 is 1.38 bits per heavy atom. The molecule has 0 radical (unpaired) electrons. The van der Waals surface area contributed by atoms with Crippen molar-refractivity contribution >= 4 is 22.4 Å². The van der Waals surface area contributed by atoms with Crippen LogP contribution in [0.2, 0.25) is 0 Å². The second kappa shape index (κ2) is 6.53. The van der Waals surface area contributed by atoms with E-state index in [9.17, 15) is 4.79 Å². The first kappa shape index (κ1) is 15.2. The van der Waals surface area contributed by atoms with Crippen molar-refractivity contribution < 1.29 is 4.79 Å². The Hall–Kier alpha value is -2.16. The number of amides is 1. The molecule has 0 atom stereocenters. The van der Waals surface area contributed by atoms with E-state index >= 15 is 0 Å². The number of anilines is 1. The van der Waals surface area contributed by atoms with Gasteiger partial charge in [0.15, 0.2) is 5.13 Å². The fourth-order valence-electron chi connectivity index (χ4n) is 1.79. The molecule has 21 heavy (non-hydrogen) atoms. The molecule has 0 bridgehead atoms. The van der Waals surface area contributed by atoms with Crippen molar-refractivity contribution in [3.63, 3.8) is 0 Å². The fourth-order valence-corrected chi connectivity index (χ4v) is 2.60. The average molecular weight is 299 g/mol. The number of nitrogens with one attached hydrogen (secondary N) is 1. The van der Waals surface area contributed by atoms with Crippen LogP contribution in [-0.2, 0) is 0 Å². The Kier molecular flexibility index (Phi) is 4.73. The molecule has 1 aromatic heterocycles. The molecule has 0 spiro atoms. The van der Waals surface area contributed by atoms with E-state index < -0.39 is 0 Å². The maximum Gasteiger partial charge on any atom is 0.258 e. The number of aromatic nitrogens is 1. The van der Waals surface area contributed by atoms with Gasteiger partial charge >= 0.3 is 0 Å². The quantitative estimate of drug-likeness (QED) is 0.838. The third kappa shape index (κ3) is 3.69. The SMILES string of the molecule is Cc1ccc(C#CCN)c(C(=O)Nc2nc(C)c(C)s2)c1. The molecule has 0 saturated carbocycles. The number of thiazole rings is 1. The second-order valence-electron chi connectivity index (χ2n) is 4.67. The van der Waals surface area contributed by atoms with E-state index in [1.165, 1.54) is 11.3 Å². The highest BCUT2D eigenvalue weighted by molar-refractivity contribution is 7.15. The zero-order valence-corrected chi connectivity index (χ0v) is 13.1. The molecular weight excluding hydrogens is 282 g/mol. The summed E-state index contributed by atoms with van der Waals surface area (Å²) in [5, 5.41) is 3.44. The van der Waals surface area contributed by atoms with Crippen LogP contribution in [0, 0.1) is 32.6 Å². The fraction of sp³-hybridized carbons (Fsp3) is 0.250. The van der Waals surface area contributed by atoms with Crippen molar-refractivity contribution in [1.82, 2.24) is 4.98 Å². The summed E-state index contributed by atoms with van der Waals surface area (Å²) in [6.45, 7) is 6.11. The smallest absolute Gasteiger partial charge is 0.258 e. The summed E-state index contributed by atoms with van der Waals surface area (Å²) in [7, 11) is 0. The standard InChI is InChI=1S/C16H17N3OS/c1-10-6-7-13(5-4-8-17)14(9-10)15(20)19-16-18-11(2)12(3)21-16/h6-7,9H,8,17H2,1-3H3,(H,18,19,20). The van der Waals surface area contributed by atoms with Crippen LogP contribution in [0.1, 0.15) is 32.1 Å². The molecule has 108 valence electrons. The predicted molar refractivity (Wildman–Crippen MR) is 86.7 cm³/mol. The first-order valence-electron chi connectivity index (χ1n) is 6.56. The number of hydrogen-bond acceptors (Lipinski definition) is 4. The monoisotopic (exact) mass is 299 g/mol. The summed E-state index contributed by atoms with van der Waals surface area (Å²) < 4.78 is 0. The number of nitrogens with two attached hydrogens (primary N) is 1. The maximum absolute atomic E-state index is 12.4. The lowest BCUT2D eigenvalue weighted by molar-refractivity contribution is 0.102. The van der Waals surface area contributed by atoms with Crippen molar-refractivity contribution in [2.24, 2.45) is 5.73 Å². The topological polar surface area (TPSA) is 68.0 Å². The number of rotatable bonds is 2. The maximum atomic E-state index is 12.4. The van der Waals surface area contributed by atoms with Gasteiger partial charge in [-0.15, -0.1) is 11.3 Å². The molecule has 2 rings (SSSR count). The van der Waals surface area contributed by atoms with Crippen LogP contribution in [-0.4, -0.2) is 17.4 Å². The predicted octanol–water partition coefficient (Wildman–Crippen LogP) is 2.63. The third-order valence-electron chi connectivity index (χ3n) is 2.99. The van der Waals surface area contributed by atoms with Gasteiger partial charge < -0.3 is 5.73 Å². The number of hydrogen-bond donors (Lipinski definition) is 2. The second-order valence-corrected chi connectivity index (χ2v) is 5.87. The summed E-state index contributed by atoms with van der Waals surface area (Å²) >= 11 is 1.47. The van der Waals surface area contributed by atoms with E-state index in [-0.39, 0.29) is 12.5 Å². The number of carbonyl (C=O) groups is 1. The Morgan fingerprint density at radius 2 is 2.14 bits per heavy atom. The molecular formula is C16H17N3OS. The van der Waals surface area contributed by atoms with Gasteiger partial charge in [0.1, 0.15) is 0 Å². The van der Waals surface area contributed by atoms with E-state index in [4.69, 9.17) is 5.73 Å². The van der Waals surface area contributed by atoms with Crippen LogP contribution in [0.25, 0.3) is 0 Å². The molecule has 0 fully saturated rings. The Bertz CT molecular complexity index is 718. The average Bonchev–Trinajstić information content (AvgIpc) is 2.75. The van der Waals surface area contributed by atoms with E-state index in [0.29, 0.717) is 16.3 Å². The van der Waals surface area contributed by atoms with Gasteiger partial charge in [0.25, 0.3) is 5.91 Å². The summed E-state index contributed by atoms with van der Waals surface area (Å²) in [4.78, 5) is 17.8. The minimum Gasteiger partial charge on any atom is -0.320 e. The van der Waals surface area contributed by atoms with Crippen LogP contribution in [0.5, 0.6) is 0 Å². The lowest BCUT2D eigenvalue weighted by Crippen LogP contribution is -2.13. The molecule has 4 nitrogen and oxygen atoms in total. The van der Waals surface area contributed by atoms with E-state index in [2.05, 4.69) is 22.1 Å². The van der Waals surface area contributed by atoms with E-state index in [1.54, 1.807) is 0 Å². The van der Waals surface area contributed by atoms with E-state index in [1.807, 2.05) is 39.0 Å². The molecule has 0 aliphatic rings. The third-order valence-corrected chi connectivity index (χ3v) is 3.98. The van der Waals surface area contributed by atoms with Crippen molar-refractivity contribution in [1.29, 1.82) is 0 Å². The molecule has 2 aromatic rings. The minimum absolute atomic E-state index is 0.200. The molecule has 3 N–H and O–H groups in total. The Balaban J connectivity index is 2.31. The molecule has 0 aliphatic heterocycles. The molecule has 5 heteroatoms. The first-order valence-corrected chi connectivity index (χ1v) is 7.38. The normalized spacial score (nSPS) is 9.90. The van der Waals surface area contributed by atoms with Crippen molar-refractivity contribution in [2.45, 2.75) is 20.8 Å². The Labute approximate surface area is 128 Å². The summed E-state index contributed by atoms with van der Waals surface area (Å²) in [6.07, 6.45) is 0. The molecule has 1 aromatic carbocycles. The van der Waals surface area contributed by atoms with Gasteiger partial charge in [-0.05, 0) is 32.9 Å². The summed E-state index contributed by atoms with van der Waals surface area (Å²) in [6, 6.07) is 5.59. The van der Waals surface area contributed by atoms with Gasteiger partial charge in [0.05, 0.1) is 17.8 Å². The highest BCUT2D eigenvalue weighted by Gasteiger charge is 2.13. The molecule has 1 heterocycles. The van der Waals surface area contributed by atoms with Gasteiger partial charge in [-0.2, -0.15) is 0 Å². The molecule has 1 amide bonds. The van der Waals surface area contributed by atoms with Crippen LogP contribution in [0.15, 0.2) is 18.2 Å². The number of benzene rings is 1. The lowest BCUT2D eigenvalue weighted by Gasteiger charge is -2.06. The van der Waals surface area contributed by atoms with E-state index in [0.717, 1.165) is 16.1 Å². The van der Waals surface area contributed by atoms with Gasteiger partial charge in [-0.1, -0.05) is 23.5 Å². The minimum atomic E-state index is -0.200. The summed E-state index contributed by atoms with van der Waals surface area (Å²) in [5.74, 6) is 5.51. The highest BCUT2D eigenvalue weighted by Crippen LogP contribution is 2.22. The van der Waals surface area contributed by atoms with Crippen LogP contribution in [0.3, 0.4) is 0 Å². The van der Waals surface area contributed by atoms with Crippen molar-refractivity contribution in [3.05, 3.63) is 45.5 Å². The van der Waals surface area contributed by atoms with Crippen LogP contribution >= 0.6 is 11.3 Å². The largest absolute Gasteiger partial charge is 0.320 e.